The molecule has 0 fully saturated rings. The van der Waals surface area contributed by atoms with Crippen molar-refractivity contribution < 1.29 is 15.0 Å². The Hall–Kier alpha value is -1.96. The van der Waals surface area contributed by atoms with E-state index in [1.54, 1.807) is 0 Å². The Balaban J connectivity index is 1.61. The molecule has 214 valence electrons. The minimum absolute atomic E-state index is 0.108. The predicted octanol–water partition coefficient (Wildman–Crippen LogP) is 12.3. The summed E-state index contributed by atoms with van der Waals surface area (Å²) in [5.41, 5.74) is 14.7. The zero-order chi connectivity index (χ0) is 29.8. The van der Waals surface area contributed by atoms with Gasteiger partial charge in [-0.25, -0.2) is 0 Å². The summed E-state index contributed by atoms with van der Waals surface area (Å²) in [5.74, 6) is 0. The first kappa shape index (κ1) is 30.1. The van der Waals surface area contributed by atoms with Gasteiger partial charge in [0.2, 0.25) is 0 Å². The molecule has 2 unspecified atom stereocenters. The Labute approximate surface area is 260 Å². The summed E-state index contributed by atoms with van der Waals surface area (Å²) >= 11 is -4.77. The van der Waals surface area contributed by atoms with E-state index in [2.05, 4.69) is 138 Å². The van der Waals surface area contributed by atoms with E-state index in [4.69, 9.17) is 17.0 Å². The van der Waals surface area contributed by atoms with Crippen molar-refractivity contribution in [1.82, 2.24) is 0 Å². The second-order valence-corrected chi connectivity index (χ2v) is 51.3. The van der Waals surface area contributed by atoms with Gasteiger partial charge in [-0.1, -0.05) is 0 Å². The van der Waals surface area contributed by atoms with Gasteiger partial charge in [-0.05, 0) is 0 Å². The van der Waals surface area contributed by atoms with Crippen LogP contribution in [0.1, 0.15) is 67.3 Å². The van der Waals surface area contributed by atoms with Crippen LogP contribution in [0.3, 0.4) is 0 Å². The summed E-state index contributed by atoms with van der Waals surface area (Å²) in [5, 5.41) is 0. The van der Waals surface area contributed by atoms with E-state index in [1.807, 2.05) is 0 Å². The number of halogens is 2. The molecule has 42 heavy (non-hydrogen) atoms. The average Bonchev–Trinajstić information content (AvgIpc) is 3.57. The van der Waals surface area contributed by atoms with Crippen molar-refractivity contribution in [3.63, 3.8) is 0 Å². The fourth-order valence-corrected chi connectivity index (χ4v) is 37.1. The average molecular weight is 687 g/mol. The van der Waals surface area contributed by atoms with E-state index >= 15 is 0 Å². The molecular weight excluding hydrogens is 647 g/mol. The summed E-state index contributed by atoms with van der Waals surface area (Å²) in [7, 11) is 17.1. The molecule has 0 saturated heterocycles. The van der Waals surface area contributed by atoms with Gasteiger partial charge in [0.1, 0.15) is 0 Å². The van der Waals surface area contributed by atoms with E-state index in [0.717, 1.165) is 12.8 Å². The summed E-state index contributed by atoms with van der Waals surface area (Å²) in [6.07, 6.45) is 6.82. The van der Waals surface area contributed by atoms with E-state index in [0.29, 0.717) is 0 Å². The third-order valence-electron chi connectivity index (χ3n) is 9.79. The van der Waals surface area contributed by atoms with Crippen LogP contribution in [0.2, 0.25) is 13.1 Å². The SMILES string of the molecule is CCC1=Cc2c(-c3cccc(C)c3)cccc2[CH]1[Zr]([Cl])([Cl])([CH]1C(CC)=Cc2c(-c3cccc(C)c3)cccc21)=[Si](C)C. The number of aryl methyl sites for hydroxylation is 2. The number of allylic oxidation sites excluding steroid dienone is 2. The molecule has 0 radical (unpaired) electrons. The third kappa shape index (κ3) is 4.64. The Kier molecular flexibility index (Phi) is 8.02. The number of benzene rings is 4. The predicted molar refractivity (Wildman–Crippen MR) is 184 cm³/mol. The first-order valence-electron chi connectivity index (χ1n) is 15.3. The fourth-order valence-electron chi connectivity index (χ4n) is 7.66. The Morgan fingerprint density at radius 2 is 1.02 bits per heavy atom. The van der Waals surface area contributed by atoms with Crippen molar-refractivity contribution in [3.05, 3.63) is 129 Å². The van der Waals surface area contributed by atoms with E-state index in [-0.39, 0.29) is 7.25 Å². The Bertz CT molecular complexity index is 1740. The molecule has 0 heterocycles. The molecule has 4 aromatic carbocycles. The quantitative estimate of drug-likeness (QED) is 0.177. The van der Waals surface area contributed by atoms with Crippen LogP contribution in [0.4, 0.5) is 0 Å². The summed E-state index contributed by atoms with van der Waals surface area (Å²) in [4.78, 5) is 0. The first-order valence-corrected chi connectivity index (χ1v) is 30.6. The van der Waals surface area contributed by atoms with Crippen LogP contribution in [0.15, 0.2) is 96.1 Å². The topological polar surface area (TPSA) is 0 Å². The normalized spacial score (nSPS) is 17.9. The zero-order valence-electron chi connectivity index (χ0n) is 25.6. The summed E-state index contributed by atoms with van der Waals surface area (Å²) in [6, 6.07) is 31.4. The Morgan fingerprint density at radius 3 is 1.38 bits per heavy atom. The molecule has 0 N–H and O–H groups in total. The number of hydrogen-bond donors (Lipinski definition) is 0. The van der Waals surface area contributed by atoms with E-state index in [9.17, 15) is 0 Å². The molecule has 0 aliphatic heterocycles. The van der Waals surface area contributed by atoms with Crippen LogP contribution in [0.25, 0.3) is 34.4 Å². The molecule has 6 rings (SSSR count). The second-order valence-electron chi connectivity index (χ2n) is 12.5. The maximum atomic E-state index is 8.53. The van der Waals surface area contributed by atoms with Crippen LogP contribution in [-0.2, 0) is 15.0 Å². The third-order valence-corrected chi connectivity index (χ3v) is 56.3. The van der Waals surface area contributed by atoms with Gasteiger partial charge in [0.05, 0.1) is 0 Å². The van der Waals surface area contributed by atoms with Crippen molar-refractivity contribution >= 4 is 34.6 Å². The van der Waals surface area contributed by atoms with Gasteiger partial charge in [-0.3, -0.25) is 0 Å². The van der Waals surface area contributed by atoms with Crippen LogP contribution in [0.5, 0.6) is 0 Å². The molecule has 0 aromatic heterocycles. The van der Waals surface area contributed by atoms with Crippen molar-refractivity contribution in [2.75, 3.05) is 0 Å². The maximum absolute atomic E-state index is 8.53. The van der Waals surface area contributed by atoms with Gasteiger partial charge in [-0.15, -0.1) is 0 Å². The fraction of sp³-hybridized carbons (Fsp3) is 0.263. The van der Waals surface area contributed by atoms with Crippen LogP contribution in [0, 0.1) is 13.8 Å². The van der Waals surface area contributed by atoms with Gasteiger partial charge in [-0.2, -0.15) is 0 Å². The van der Waals surface area contributed by atoms with E-state index in [1.165, 1.54) is 66.8 Å². The molecule has 0 saturated carbocycles. The van der Waals surface area contributed by atoms with Crippen LogP contribution in [-0.4, -0.2) is 5.43 Å². The molecule has 2 aliphatic rings. The van der Waals surface area contributed by atoms with E-state index < -0.39 is 20.4 Å². The van der Waals surface area contributed by atoms with Crippen molar-refractivity contribution in [2.24, 2.45) is 0 Å². The molecule has 0 amide bonds. The van der Waals surface area contributed by atoms with Gasteiger partial charge in [0.25, 0.3) is 0 Å². The zero-order valence-corrected chi connectivity index (χ0v) is 30.5. The van der Waals surface area contributed by atoms with Crippen molar-refractivity contribution in [2.45, 2.75) is 60.9 Å². The van der Waals surface area contributed by atoms with Crippen LogP contribution < -0.4 is 0 Å². The standard InChI is InChI=1S/2C18H17.C2H6Si.2ClH.Zr/c2*1-3-14-11-16-8-5-9-17(18(16)12-14)15-7-4-6-13(2)10-15;1-3-2;;;/h2*4-12H,3H2,1-2H3;1-2H3;2*1H;/q;;;;;+2/p-2. The summed E-state index contributed by atoms with van der Waals surface area (Å²) in [6.45, 7) is 13.7. The van der Waals surface area contributed by atoms with Gasteiger partial charge >= 0.3 is 262 Å². The molecule has 0 nitrogen and oxygen atoms in total. The van der Waals surface area contributed by atoms with Crippen LogP contribution >= 0.6 is 17.0 Å². The first-order chi connectivity index (χ1) is 20.1. The summed E-state index contributed by atoms with van der Waals surface area (Å²) < 4.78 is 0.217. The number of fused-ring (bicyclic) bond motifs is 2. The molecule has 2 atom stereocenters. The Morgan fingerprint density at radius 1 is 0.619 bits per heavy atom. The van der Waals surface area contributed by atoms with Gasteiger partial charge in [0.15, 0.2) is 0 Å². The molecule has 0 spiro atoms. The molecule has 4 aromatic rings. The molecular formula is C38H40Cl2SiZr. The molecule has 0 bridgehead atoms. The van der Waals surface area contributed by atoms with Gasteiger partial charge < -0.3 is 0 Å². The molecule has 2 aliphatic carbocycles. The number of rotatable bonds is 6. The van der Waals surface area contributed by atoms with Crippen molar-refractivity contribution in [1.29, 1.82) is 0 Å². The second kappa shape index (κ2) is 11.2. The van der Waals surface area contributed by atoms with Gasteiger partial charge in [0, 0.05) is 0 Å². The molecule has 4 heteroatoms. The van der Waals surface area contributed by atoms with Crippen molar-refractivity contribution in [3.8, 4) is 22.3 Å². The minimum atomic E-state index is -4.77. The number of hydrogen-bond acceptors (Lipinski definition) is 0. The monoisotopic (exact) mass is 684 g/mol.